The number of aromatic nitrogens is 2. The van der Waals surface area contributed by atoms with E-state index in [-0.39, 0.29) is 30.8 Å². The molecule has 0 unspecified atom stereocenters. The predicted octanol–water partition coefficient (Wildman–Crippen LogP) is 4.96. The molecule has 0 radical (unpaired) electrons. The van der Waals surface area contributed by atoms with Crippen molar-refractivity contribution in [2.24, 2.45) is 0 Å². The van der Waals surface area contributed by atoms with Crippen molar-refractivity contribution in [2.45, 2.75) is 26.7 Å². The van der Waals surface area contributed by atoms with Crippen LogP contribution in [0.15, 0.2) is 60.7 Å². The summed E-state index contributed by atoms with van der Waals surface area (Å²) in [4.78, 5) is 52.6. The number of carbonyl (C=O) groups is 3. The molecule has 218 valence electrons. The molecule has 42 heavy (non-hydrogen) atoms. The van der Waals surface area contributed by atoms with Gasteiger partial charge in [0.15, 0.2) is 0 Å². The first-order valence-corrected chi connectivity index (χ1v) is 15.0. The normalized spacial score (nSPS) is 13.2. The molecule has 2 aromatic heterocycles. The molecule has 2 N–H and O–H groups in total. The third-order valence-electron chi connectivity index (χ3n) is 7.02. The zero-order chi connectivity index (χ0) is 29.5. The largest absolute Gasteiger partial charge is 0.466 e. The third kappa shape index (κ3) is 6.85. The summed E-state index contributed by atoms with van der Waals surface area (Å²) in [6.07, 6.45) is 0.945. The minimum atomic E-state index is -0.495. The Morgan fingerprint density at radius 2 is 1.64 bits per heavy atom. The van der Waals surface area contributed by atoms with Crippen LogP contribution in [0, 0.1) is 0 Å². The molecule has 1 aliphatic heterocycles. The van der Waals surface area contributed by atoms with E-state index >= 15 is 0 Å². The van der Waals surface area contributed by atoms with Crippen molar-refractivity contribution in [3.63, 3.8) is 0 Å². The third-order valence-corrected chi connectivity index (χ3v) is 8.20. The number of nitrogens with zero attached hydrogens (tertiary/aromatic N) is 4. The van der Waals surface area contributed by atoms with Crippen molar-refractivity contribution in [1.82, 2.24) is 20.2 Å². The minimum absolute atomic E-state index is 0.00717. The monoisotopic (exact) mass is 586 g/mol. The molecule has 0 aliphatic carbocycles. The first-order valence-electron chi connectivity index (χ1n) is 14.2. The van der Waals surface area contributed by atoms with Gasteiger partial charge < -0.3 is 19.9 Å². The Labute approximate surface area is 248 Å². The number of anilines is 2. The van der Waals surface area contributed by atoms with Gasteiger partial charge in [-0.2, -0.15) is 4.98 Å². The van der Waals surface area contributed by atoms with Gasteiger partial charge in [-0.15, -0.1) is 11.3 Å². The zero-order valence-corrected chi connectivity index (χ0v) is 24.6. The van der Waals surface area contributed by atoms with Crippen LogP contribution in [-0.4, -0.2) is 72.1 Å². The van der Waals surface area contributed by atoms with Crippen molar-refractivity contribution in [1.29, 1.82) is 0 Å². The maximum Gasteiger partial charge on any atom is 0.321 e. The Hall–Kier alpha value is -4.51. The van der Waals surface area contributed by atoms with E-state index in [4.69, 9.17) is 9.72 Å². The Kier molecular flexibility index (Phi) is 9.28. The van der Waals surface area contributed by atoms with Gasteiger partial charge in [-0.05, 0) is 42.7 Å². The van der Waals surface area contributed by atoms with E-state index < -0.39 is 6.03 Å². The Morgan fingerprint density at radius 3 is 2.33 bits per heavy atom. The minimum Gasteiger partial charge on any atom is -0.466 e. The number of urea groups is 1. The predicted molar refractivity (Wildman–Crippen MR) is 165 cm³/mol. The lowest BCUT2D eigenvalue weighted by Crippen LogP contribution is -2.49. The SMILES string of the molecule is CCOC(=O)CCNC(=O)Nc1nc(N2CCN(C(=O)c3ccc(-c4ccccc4)cc3)CC2)c2cc(CC)sc2n1. The summed E-state index contributed by atoms with van der Waals surface area (Å²) in [6.45, 7) is 6.56. The van der Waals surface area contributed by atoms with E-state index in [1.807, 2.05) is 47.4 Å². The van der Waals surface area contributed by atoms with Crippen LogP contribution < -0.4 is 15.5 Å². The molecule has 3 heterocycles. The highest BCUT2D eigenvalue weighted by Crippen LogP contribution is 2.33. The van der Waals surface area contributed by atoms with Crippen LogP contribution in [0.3, 0.4) is 0 Å². The topological polar surface area (TPSA) is 117 Å². The standard InChI is InChI=1S/C31H34N6O4S/c1-3-24-20-25-27(33-30(34-28(25)42-24)35-31(40)32-15-14-26(38)41-4-2)36-16-18-37(19-17-36)29(39)23-12-10-22(11-13-23)21-8-6-5-7-9-21/h5-13,20H,3-4,14-19H2,1-2H3,(H2,32,33,34,35,40). The fourth-order valence-electron chi connectivity index (χ4n) is 4.82. The summed E-state index contributed by atoms with van der Waals surface area (Å²) in [6, 6.07) is 19.4. The number of thiophene rings is 1. The number of aryl methyl sites for hydroxylation is 1. The molecule has 2 aromatic carbocycles. The number of amides is 3. The molecule has 11 heteroatoms. The molecule has 3 amide bonds. The average Bonchev–Trinajstić information content (AvgIpc) is 3.44. The summed E-state index contributed by atoms with van der Waals surface area (Å²) in [5.41, 5.74) is 2.85. The first kappa shape index (κ1) is 29.0. The van der Waals surface area contributed by atoms with Crippen molar-refractivity contribution in [3.05, 3.63) is 71.1 Å². The summed E-state index contributed by atoms with van der Waals surface area (Å²) in [5.74, 6) is 0.558. The van der Waals surface area contributed by atoms with Gasteiger partial charge >= 0.3 is 12.0 Å². The molecule has 4 aromatic rings. The van der Waals surface area contributed by atoms with Crippen molar-refractivity contribution in [2.75, 3.05) is 49.5 Å². The van der Waals surface area contributed by atoms with Gasteiger partial charge in [-0.3, -0.25) is 14.9 Å². The lowest BCUT2D eigenvalue weighted by molar-refractivity contribution is -0.142. The molecule has 1 fully saturated rings. The number of hydrogen-bond acceptors (Lipinski definition) is 8. The fraction of sp³-hybridized carbons (Fsp3) is 0.323. The van der Waals surface area contributed by atoms with Gasteiger partial charge in [-0.1, -0.05) is 49.4 Å². The number of piperazine rings is 1. The maximum atomic E-state index is 13.3. The fourth-order valence-corrected chi connectivity index (χ4v) is 5.79. The zero-order valence-electron chi connectivity index (χ0n) is 23.8. The first-order chi connectivity index (χ1) is 20.4. The molecule has 0 bridgehead atoms. The summed E-state index contributed by atoms with van der Waals surface area (Å²) < 4.78 is 4.89. The maximum absolute atomic E-state index is 13.3. The second kappa shape index (κ2) is 13.4. The summed E-state index contributed by atoms with van der Waals surface area (Å²) in [5, 5.41) is 6.28. The van der Waals surface area contributed by atoms with E-state index in [1.165, 1.54) is 4.88 Å². The number of esters is 1. The van der Waals surface area contributed by atoms with Crippen molar-refractivity contribution >= 4 is 51.2 Å². The Balaban J connectivity index is 1.25. The number of rotatable bonds is 9. The van der Waals surface area contributed by atoms with E-state index in [0.29, 0.717) is 38.3 Å². The highest BCUT2D eigenvalue weighted by Gasteiger charge is 2.25. The summed E-state index contributed by atoms with van der Waals surface area (Å²) in [7, 11) is 0. The number of hydrogen-bond donors (Lipinski definition) is 2. The lowest BCUT2D eigenvalue weighted by atomic mass is 10.0. The molecular formula is C31H34N6O4S. The quantitative estimate of drug-likeness (QED) is 0.266. The van der Waals surface area contributed by atoms with Gasteiger partial charge in [0.2, 0.25) is 5.95 Å². The van der Waals surface area contributed by atoms with Gasteiger partial charge in [0.05, 0.1) is 18.4 Å². The van der Waals surface area contributed by atoms with E-state index in [1.54, 1.807) is 18.3 Å². The van der Waals surface area contributed by atoms with Crippen LogP contribution in [0.1, 0.15) is 35.5 Å². The van der Waals surface area contributed by atoms with Crippen molar-refractivity contribution in [3.8, 4) is 11.1 Å². The average molecular weight is 587 g/mol. The number of nitrogens with one attached hydrogen (secondary N) is 2. The number of carbonyl (C=O) groups excluding carboxylic acids is 3. The number of benzene rings is 2. The second-order valence-electron chi connectivity index (χ2n) is 9.81. The molecule has 1 aliphatic rings. The van der Waals surface area contributed by atoms with Gasteiger partial charge in [-0.25, -0.2) is 9.78 Å². The molecule has 1 saturated heterocycles. The Bertz CT molecular complexity index is 1550. The second-order valence-corrected chi connectivity index (χ2v) is 10.9. The van der Waals surface area contributed by atoms with E-state index in [2.05, 4.69) is 45.6 Å². The van der Waals surface area contributed by atoms with E-state index in [9.17, 15) is 14.4 Å². The smallest absolute Gasteiger partial charge is 0.321 e. The van der Waals surface area contributed by atoms with Crippen LogP contribution in [-0.2, 0) is 16.0 Å². The Morgan fingerprint density at radius 1 is 0.929 bits per heavy atom. The van der Waals surface area contributed by atoms with E-state index in [0.717, 1.165) is 33.6 Å². The van der Waals surface area contributed by atoms with Crippen molar-refractivity contribution < 1.29 is 19.1 Å². The highest BCUT2D eigenvalue weighted by molar-refractivity contribution is 7.18. The lowest BCUT2D eigenvalue weighted by Gasteiger charge is -2.35. The molecule has 10 nitrogen and oxygen atoms in total. The van der Waals surface area contributed by atoms with Gasteiger partial charge in [0.25, 0.3) is 5.91 Å². The highest BCUT2D eigenvalue weighted by atomic mass is 32.1. The molecular weight excluding hydrogens is 552 g/mol. The van der Waals surface area contributed by atoms with Gasteiger partial charge in [0, 0.05) is 43.2 Å². The summed E-state index contributed by atoms with van der Waals surface area (Å²) >= 11 is 1.57. The molecule has 0 atom stereocenters. The molecule has 0 saturated carbocycles. The van der Waals surface area contributed by atoms with Crippen LogP contribution >= 0.6 is 11.3 Å². The molecule has 0 spiro atoms. The molecule has 5 rings (SSSR count). The number of fused-ring (bicyclic) bond motifs is 1. The van der Waals surface area contributed by atoms with Crippen LogP contribution in [0.2, 0.25) is 0 Å². The van der Waals surface area contributed by atoms with Crippen LogP contribution in [0.4, 0.5) is 16.6 Å². The van der Waals surface area contributed by atoms with Crippen LogP contribution in [0.5, 0.6) is 0 Å². The number of ether oxygens (including phenoxy) is 1. The van der Waals surface area contributed by atoms with Gasteiger partial charge in [0.1, 0.15) is 10.6 Å². The van der Waals surface area contributed by atoms with Crippen LogP contribution in [0.25, 0.3) is 21.3 Å².